The van der Waals surface area contributed by atoms with E-state index >= 15 is 0 Å². The zero-order chi connectivity index (χ0) is 18.4. The third-order valence-corrected chi connectivity index (χ3v) is 5.18. The molecule has 0 aromatic heterocycles. The highest BCUT2D eigenvalue weighted by molar-refractivity contribution is 6.31. The van der Waals surface area contributed by atoms with Crippen LogP contribution in [0.2, 0.25) is 5.02 Å². The van der Waals surface area contributed by atoms with Gasteiger partial charge in [-0.25, -0.2) is 0 Å². The van der Waals surface area contributed by atoms with Crippen molar-refractivity contribution in [3.8, 4) is 6.07 Å². The molecular weight excluding hydrogens is 346 g/mol. The molecule has 4 nitrogen and oxygen atoms in total. The van der Waals surface area contributed by atoms with Crippen molar-refractivity contribution in [3.63, 3.8) is 0 Å². The minimum Gasteiger partial charge on any atom is -0.326 e. The molecular formula is C21H22ClN3O. The highest BCUT2D eigenvalue weighted by atomic mass is 35.5. The topological polar surface area (TPSA) is 56.1 Å². The number of rotatable bonds is 5. The molecule has 3 rings (SSSR count). The second kappa shape index (κ2) is 8.84. The lowest BCUT2D eigenvalue weighted by Gasteiger charge is -2.31. The van der Waals surface area contributed by atoms with Gasteiger partial charge in [-0.05, 0) is 55.3 Å². The van der Waals surface area contributed by atoms with E-state index < -0.39 is 0 Å². The molecule has 0 atom stereocenters. The molecule has 0 bridgehead atoms. The van der Waals surface area contributed by atoms with Crippen LogP contribution in [0.25, 0.3) is 0 Å². The Morgan fingerprint density at radius 2 is 1.85 bits per heavy atom. The number of hydrogen-bond donors (Lipinski definition) is 1. The highest BCUT2D eigenvalue weighted by Gasteiger charge is 2.25. The van der Waals surface area contributed by atoms with E-state index in [1.54, 1.807) is 0 Å². The molecule has 2 aromatic carbocycles. The average Bonchev–Trinajstić information content (AvgIpc) is 2.66. The Morgan fingerprint density at radius 1 is 1.15 bits per heavy atom. The summed E-state index contributed by atoms with van der Waals surface area (Å²) in [6.45, 7) is 2.61. The molecule has 26 heavy (non-hydrogen) atoms. The predicted molar refractivity (Wildman–Crippen MR) is 104 cm³/mol. The van der Waals surface area contributed by atoms with Crippen molar-refractivity contribution in [2.24, 2.45) is 5.92 Å². The zero-order valence-electron chi connectivity index (χ0n) is 14.6. The Hall–Kier alpha value is -2.35. The number of amides is 1. The Morgan fingerprint density at radius 3 is 2.50 bits per heavy atom. The van der Waals surface area contributed by atoms with Crippen LogP contribution in [-0.4, -0.2) is 23.9 Å². The molecule has 0 saturated carbocycles. The molecule has 5 heteroatoms. The second-order valence-corrected chi connectivity index (χ2v) is 7.07. The van der Waals surface area contributed by atoms with Crippen LogP contribution in [0.15, 0.2) is 48.5 Å². The van der Waals surface area contributed by atoms with Gasteiger partial charge in [-0.1, -0.05) is 41.9 Å². The number of nitriles is 1. The second-order valence-electron chi connectivity index (χ2n) is 6.66. The first-order chi connectivity index (χ1) is 12.7. The van der Waals surface area contributed by atoms with Gasteiger partial charge in [0.1, 0.15) is 0 Å². The van der Waals surface area contributed by atoms with E-state index in [0.29, 0.717) is 6.42 Å². The van der Waals surface area contributed by atoms with Crippen LogP contribution < -0.4 is 5.32 Å². The van der Waals surface area contributed by atoms with Gasteiger partial charge in [0.15, 0.2) is 0 Å². The molecule has 1 aliphatic rings. The predicted octanol–water partition coefficient (Wildman–Crippen LogP) is 4.26. The van der Waals surface area contributed by atoms with Crippen LogP contribution in [0, 0.1) is 17.2 Å². The van der Waals surface area contributed by atoms with Gasteiger partial charge >= 0.3 is 0 Å². The molecule has 0 aliphatic carbocycles. The number of likely N-dealkylation sites (tertiary alicyclic amines) is 1. The number of halogens is 1. The van der Waals surface area contributed by atoms with E-state index in [-0.39, 0.29) is 11.8 Å². The molecule has 1 aliphatic heterocycles. The normalized spacial score (nSPS) is 15.4. The maximum atomic E-state index is 12.5. The summed E-state index contributed by atoms with van der Waals surface area (Å²) in [4.78, 5) is 14.8. The van der Waals surface area contributed by atoms with Gasteiger partial charge < -0.3 is 5.32 Å². The fourth-order valence-electron chi connectivity index (χ4n) is 3.26. The molecule has 1 saturated heterocycles. The lowest BCUT2D eigenvalue weighted by Crippen LogP contribution is -2.37. The van der Waals surface area contributed by atoms with Crippen LogP contribution in [0.1, 0.15) is 24.0 Å². The van der Waals surface area contributed by atoms with Gasteiger partial charge in [0.05, 0.1) is 12.5 Å². The third-order valence-electron chi connectivity index (χ3n) is 4.81. The molecule has 0 unspecified atom stereocenters. The highest BCUT2D eigenvalue weighted by Crippen LogP contribution is 2.23. The van der Waals surface area contributed by atoms with Crippen molar-refractivity contribution in [2.75, 3.05) is 18.4 Å². The van der Waals surface area contributed by atoms with Gasteiger partial charge in [0.2, 0.25) is 5.91 Å². The summed E-state index contributed by atoms with van der Waals surface area (Å²) in [7, 11) is 0. The van der Waals surface area contributed by atoms with E-state index in [1.165, 1.54) is 0 Å². The average molecular weight is 368 g/mol. The third kappa shape index (κ3) is 4.85. The molecule has 1 fully saturated rings. The molecule has 2 aromatic rings. The number of benzene rings is 2. The summed E-state index contributed by atoms with van der Waals surface area (Å²) in [6.07, 6.45) is 2.09. The lowest BCUT2D eigenvalue weighted by molar-refractivity contribution is -0.121. The first-order valence-corrected chi connectivity index (χ1v) is 9.26. The largest absolute Gasteiger partial charge is 0.326 e. The summed E-state index contributed by atoms with van der Waals surface area (Å²) in [5, 5.41) is 12.5. The number of hydrogen-bond acceptors (Lipinski definition) is 3. The van der Waals surface area contributed by atoms with Crippen molar-refractivity contribution in [1.29, 1.82) is 5.26 Å². The number of carbonyl (C=O) groups excluding carboxylic acids is 1. The monoisotopic (exact) mass is 367 g/mol. The standard InChI is InChI=1S/C21H22ClN3O/c22-20-4-2-1-3-18(20)15-25-13-10-17(11-14-25)21(26)24-19-7-5-16(6-8-19)9-12-23/h1-8,17H,9-11,13-15H2,(H,24,26). The van der Waals surface area contributed by atoms with Crippen LogP contribution in [0.3, 0.4) is 0 Å². The van der Waals surface area contributed by atoms with Crippen LogP contribution >= 0.6 is 11.6 Å². The van der Waals surface area contributed by atoms with Crippen molar-refractivity contribution < 1.29 is 4.79 Å². The molecule has 0 spiro atoms. The Balaban J connectivity index is 1.49. The Bertz CT molecular complexity index is 790. The number of anilines is 1. The van der Waals surface area contributed by atoms with Crippen LogP contribution in [0.4, 0.5) is 5.69 Å². The van der Waals surface area contributed by atoms with Crippen molar-refractivity contribution in [1.82, 2.24) is 4.90 Å². The van der Waals surface area contributed by atoms with E-state index in [1.807, 2.05) is 42.5 Å². The lowest BCUT2D eigenvalue weighted by atomic mass is 9.95. The fourth-order valence-corrected chi connectivity index (χ4v) is 3.46. The molecule has 134 valence electrons. The number of carbonyl (C=O) groups is 1. The minimum absolute atomic E-state index is 0.0382. The van der Waals surface area contributed by atoms with E-state index in [9.17, 15) is 4.79 Å². The number of nitrogens with one attached hydrogen (secondary N) is 1. The summed E-state index contributed by atoms with van der Waals surface area (Å²) >= 11 is 6.24. The quantitative estimate of drug-likeness (QED) is 0.859. The molecule has 1 N–H and O–H groups in total. The summed E-state index contributed by atoms with van der Waals surface area (Å²) in [6, 6.07) is 17.5. The molecule has 1 amide bonds. The maximum Gasteiger partial charge on any atom is 0.227 e. The van der Waals surface area contributed by atoms with Crippen molar-refractivity contribution >= 4 is 23.2 Å². The first-order valence-electron chi connectivity index (χ1n) is 8.88. The fraction of sp³-hybridized carbons (Fsp3) is 0.333. The van der Waals surface area contributed by atoms with Gasteiger partial charge in [-0.2, -0.15) is 5.26 Å². The molecule has 1 heterocycles. The van der Waals surface area contributed by atoms with E-state index in [4.69, 9.17) is 16.9 Å². The number of nitrogens with zero attached hydrogens (tertiary/aromatic N) is 2. The maximum absolute atomic E-state index is 12.5. The van der Waals surface area contributed by atoms with Crippen LogP contribution in [-0.2, 0) is 17.8 Å². The summed E-state index contributed by atoms with van der Waals surface area (Å²) in [5.74, 6) is 0.117. The Labute approximate surface area is 159 Å². The number of piperidine rings is 1. The smallest absolute Gasteiger partial charge is 0.227 e. The van der Waals surface area contributed by atoms with Gasteiger partial charge in [0.25, 0.3) is 0 Å². The minimum atomic E-state index is 0.0382. The zero-order valence-corrected chi connectivity index (χ0v) is 15.4. The van der Waals surface area contributed by atoms with Gasteiger partial charge in [-0.15, -0.1) is 0 Å². The van der Waals surface area contributed by atoms with Crippen molar-refractivity contribution in [2.45, 2.75) is 25.8 Å². The van der Waals surface area contributed by atoms with Gasteiger partial charge in [-0.3, -0.25) is 9.69 Å². The van der Waals surface area contributed by atoms with Gasteiger partial charge in [0, 0.05) is 23.2 Å². The Kier molecular flexibility index (Phi) is 6.27. The van der Waals surface area contributed by atoms with E-state index in [0.717, 1.165) is 54.3 Å². The summed E-state index contributed by atoms with van der Waals surface area (Å²) in [5.41, 5.74) is 2.88. The van der Waals surface area contributed by atoms with Crippen LogP contribution in [0.5, 0.6) is 0 Å². The summed E-state index contributed by atoms with van der Waals surface area (Å²) < 4.78 is 0. The van der Waals surface area contributed by atoms with Crippen molar-refractivity contribution in [3.05, 3.63) is 64.7 Å². The van der Waals surface area contributed by atoms with E-state index in [2.05, 4.69) is 22.4 Å². The first kappa shape index (κ1) is 18.4. The molecule has 0 radical (unpaired) electrons. The SMILES string of the molecule is N#CCc1ccc(NC(=O)C2CCN(Cc3ccccc3Cl)CC2)cc1.